The van der Waals surface area contributed by atoms with Gasteiger partial charge in [0.15, 0.2) is 0 Å². The molecule has 1 atom stereocenters. The summed E-state index contributed by atoms with van der Waals surface area (Å²) in [6, 6.07) is 0. The van der Waals surface area contributed by atoms with E-state index in [0.29, 0.717) is 28.2 Å². The van der Waals surface area contributed by atoms with Gasteiger partial charge >= 0.3 is 5.97 Å². The Kier molecular flexibility index (Phi) is 5.82. The minimum absolute atomic E-state index is 0.122. The minimum atomic E-state index is -0.371. The van der Waals surface area contributed by atoms with Crippen LogP contribution in [0.2, 0.25) is 0 Å². The molecule has 0 aliphatic heterocycles. The van der Waals surface area contributed by atoms with Crippen LogP contribution in [-0.2, 0) is 22.4 Å². The van der Waals surface area contributed by atoms with Crippen LogP contribution in [0.4, 0.5) is 5.00 Å². The SMILES string of the molecule is CCOC(=O)c1c(NC(=O)CSc2nncn2N)sc2c1CCC(C)C2. The van der Waals surface area contributed by atoms with Crippen LogP contribution in [0.25, 0.3) is 0 Å². The zero-order chi connectivity index (χ0) is 18.7. The van der Waals surface area contributed by atoms with E-state index in [1.807, 2.05) is 0 Å². The van der Waals surface area contributed by atoms with Gasteiger partial charge in [-0.25, -0.2) is 9.47 Å². The number of hydrogen-bond donors (Lipinski definition) is 2. The molecule has 2 aromatic heterocycles. The van der Waals surface area contributed by atoms with Crippen LogP contribution in [0.3, 0.4) is 0 Å². The van der Waals surface area contributed by atoms with Crippen LogP contribution in [-0.4, -0.2) is 39.1 Å². The quantitative estimate of drug-likeness (QED) is 0.437. The summed E-state index contributed by atoms with van der Waals surface area (Å²) in [5, 5.41) is 11.4. The molecule has 1 unspecified atom stereocenters. The molecule has 0 aromatic carbocycles. The molecule has 1 aliphatic rings. The van der Waals surface area contributed by atoms with Gasteiger partial charge in [-0.2, -0.15) is 0 Å². The first-order valence-corrected chi connectivity index (χ1v) is 10.2. The lowest BCUT2D eigenvalue weighted by atomic mass is 9.88. The molecule has 2 heterocycles. The van der Waals surface area contributed by atoms with Crippen molar-refractivity contribution in [1.82, 2.24) is 14.9 Å². The molecule has 26 heavy (non-hydrogen) atoms. The molecule has 3 rings (SSSR count). The van der Waals surface area contributed by atoms with Gasteiger partial charge in [-0.15, -0.1) is 21.5 Å². The number of carbonyl (C=O) groups is 2. The van der Waals surface area contributed by atoms with Crippen LogP contribution in [0.5, 0.6) is 0 Å². The smallest absolute Gasteiger partial charge is 0.341 e. The van der Waals surface area contributed by atoms with E-state index in [0.717, 1.165) is 29.7 Å². The highest BCUT2D eigenvalue weighted by Crippen LogP contribution is 2.40. The summed E-state index contributed by atoms with van der Waals surface area (Å²) < 4.78 is 6.47. The second-order valence-electron chi connectivity index (χ2n) is 6.13. The number of anilines is 1. The number of aromatic nitrogens is 3. The van der Waals surface area contributed by atoms with Crippen molar-refractivity contribution in [2.45, 2.75) is 38.3 Å². The number of nitrogens with zero attached hydrogens (tertiary/aromatic N) is 3. The molecule has 3 N–H and O–H groups in total. The average molecular weight is 396 g/mol. The summed E-state index contributed by atoms with van der Waals surface area (Å²) in [7, 11) is 0. The Morgan fingerprint density at radius 1 is 1.54 bits per heavy atom. The van der Waals surface area contributed by atoms with Crippen LogP contribution < -0.4 is 11.2 Å². The Hall–Kier alpha value is -2.07. The topological polar surface area (TPSA) is 112 Å². The fourth-order valence-corrected chi connectivity index (χ4v) is 4.93. The molecule has 0 saturated heterocycles. The van der Waals surface area contributed by atoms with E-state index < -0.39 is 0 Å². The van der Waals surface area contributed by atoms with Crippen molar-refractivity contribution in [1.29, 1.82) is 0 Å². The highest BCUT2D eigenvalue weighted by atomic mass is 32.2. The Morgan fingerprint density at radius 2 is 2.35 bits per heavy atom. The third-order valence-electron chi connectivity index (χ3n) is 4.12. The molecular formula is C16H21N5O3S2. The third-order valence-corrected chi connectivity index (χ3v) is 6.24. The molecule has 8 nitrogen and oxygen atoms in total. The van der Waals surface area contributed by atoms with E-state index in [9.17, 15) is 9.59 Å². The lowest BCUT2D eigenvalue weighted by Gasteiger charge is -2.18. The first-order chi connectivity index (χ1) is 12.5. The Morgan fingerprint density at radius 3 is 3.04 bits per heavy atom. The normalized spacial score (nSPS) is 16.2. The first kappa shape index (κ1) is 18.7. The molecule has 0 saturated carbocycles. The van der Waals surface area contributed by atoms with Gasteiger partial charge in [0.2, 0.25) is 11.1 Å². The number of nitrogens with one attached hydrogen (secondary N) is 1. The van der Waals surface area contributed by atoms with Gasteiger partial charge in [-0.1, -0.05) is 18.7 Å². The molecule has 2 aromatic rings. The van der Waals surface area contributed by atoms with E-state index >= 15 is 0 Å². The van der Waals surface area contributed by atoms with E-state index in [1.165, 1.54) is 34.1 Å². The van der Waals surface area contributed by atoms with Crippen LogP contribution in [0.15, 0.2) is 11.5 Å². The fraction of sp³-hybridized carbons (Fsp3) is 0.500. The fourth-order valence-electron chi connectivity index (χ4n) is 2.89. The van der Waals surface area contributed by atoms with Crippen molar-refractivity contribution in [2.75, 3.05) is 23.5 Å². The minimum Gasteiger partial charge on any atom is -0.462 e. The molecule has 0 fully saturated rings. The number of amides is 1. The number of nitrogen functional groups attached to an aromatic ring is 1. The second kappa shape index (κ2) is 8.09. The highest BCUT2D eigenvalue weighted by Gasteiger charge is 2.29. The number of nitrogens with two attached hydrogens (primary N) is 1. The van der Waals surface area contributed by atoms with Gasteiger partial charge in [0, 0.05) is 4.88 Å². The Balaban J connectivity index is 1.76. The van der Waals surface area contributed by atoms with E-state index in [2.05, 4.69) is 22.4 Å². The molecule has 140 valence electrons. The van der Waals surface area contributed by atoms with Gasteiger partial charge in [0.1, 0.15) is 11.3 Å². The Labute approximate surface area is 159 Å². The van der Waals surface area contributed by atoms with Crippen molar-refractivity contribution in [3.05, 3.63) is 22.3 Å². The van der Waals surface area contributed by atoms with Crippen molar-refractivity contribution in [3.8, 4) is 0 Å². The van der Waals surface area contributed by atoms with Crippen molar-refractivity contribution < 1.29 is 14.3 Å². The predicted octanol–water partition coefficient (Wildman–Crippen LogP) is 2.09. The van der Waals surface area contributed by atoms with Gasteiger partial charge in [0.25, 0.3) is 0 Å². The van der Waals surface area contributed by atoms with Crippen LogP contribution >= 0.6 is 23.1 Å². The largest absolute Gasteiger partial charge is 0.462 e. The standard InChI is InChI=1S/C16H21N5O3S2/c1-3-24-15(23)13-10-5-4-9(2)6-11(10)26-14(13)19-12(22)7-25-16-20-18-8-21(16)17/h8-9H,3-7,17H2,1-2H3,(H,19,22). The number of esters is 1. The molecule has 0 bridgehead atoms. The maximum Gasteiger partial charge on any atom is 0.341 e. The summed E-state index contributed by atoms with van der Waals surface area (Å²) >= 11 is 2.66. The van der Waals surface area contributed by atoms with Gasteiger partial charge in [-0.05, 0) is 37.7 Å². The number of fused-ring (bicyclic) bond motifs is 1. The molecular weight excluding hydrogens is 374 g/mol. The Bertz CT molecular complexity index is 817. The van der Waals surface area contributed by atoms with E-state index in [1.54, 1.807) is 6.92 Å². The lowest BCUT2D eigenvalue weighted by Crippen LogP contribution is -2.18. The number of ether oxygens (including phenoxy) is 1. The third kappa shape index (κ3) is 4.01. The molecule has 0 radical (unpaired) electrons. The number of carbonyl (C=O) groups excluding carboxylic acids is 2. The maximum absolute atomic E-state index is 12.4. The average Bonchev–Trinajstić information content (AvgIpc) is 3.15. The summed E-state index contributed by atoms with van der Waals surface area (Å²) in [6.45, 7) is 4.27. The second-order valence-corrected chi connectivity index (χ2v) is 8.18. The monoisotopic (exact) mass is 395 g/mol. The zero-order valence-corrected chi connectivity index (χ0v) is 16.3. The number of thiophene rings is 1. The summed E-state index contributed by atoms with van der Waals surface area (Å²) in [4.78, 5) is 26.0. The van der Waals surface area contributed by atoms with Gasteiger partial charge in [-0.3, -0.25) is 4.79 Å². The number of thioether (sulfide) groups is 1. The summed E-state index contributed by atoms with van der Waals surface area (Å²) in [6.07, 6.45) is 4.16. The van der Waals surface area contributed by atoms with Crippen LogP contribution in [0, 0.1) is 5.92 Å². The van der Waals surface area contributed by atoms with Gasteiger partial charge < -0.3 is 15.9 Å². The molecule has 1 aliphatic carbocycles. The van der Waals surface area contributed by atoms with Crippen molar-refractivity contribution >= 4 is 40.0 Å². The first-order valence-electron chi connectivity index (χ1n) is 8.39. The maximum atomic E-state index is 12.4. The number of rotatable bonds is 6. The molecule has 0 spiro atoms. The van der Waals surface area contributed by atoms with Gasteiger partial charge in [0.05, 0.1) is 17.9 Å². The lowest BCUT2D eigenvalue weighted by molar-refractivity contribution is -0.113. The van der Waals surface area contributed by atoms with E-state index in [4.69, 9.17) is 10.6 Å². The van der Waals surface area contributed by atoms with Crippen molar-refractivity contribution in [2.24, 2.45) is 5.92 Å². The summed E-state index contributed by atoms with van der Waals surface area (Å²) in [5.41, 5.74) is 1.54. The summed E-state index contributed by atoms with van der Waals surface area (Å²) in [5.74, 6) is 5.74. The van der Waals surface area contributed by atoms with Crippen molar-refractivity contribution in [3.63, 3.8) is 0 Å². The predicted molar refractivity (Wildman–Crippen MR) is 101 cm³/mol. The van der Waals surface area contributed by atoms with E-state index in [-0.39, 0.29) is 17.6 Å². The highest BCUT2D eigenvalue weighted by molar-refractivity contribution is 7.99. The van der Waals surface area contributed by atoms with Crippen LogP contribution in [0.1, 0.15) is 41.1 Å². The number of hydrogen-bond acceptors (Lipinski definition) is 8. The molecule has 10 heteroatoms. The molecule has 1 amide bonds. The zero-order valence-electron chi connectivity index (χ0n) is 14.7.